The monoisotopic (exact) mass is 445 g/mol. The molecule has 146 valence electrons. The maximum Gasteiger partial charge on any atom is 0.343 e. The van der Waals surface area contributed by atoms with Crippen LogP contribution in [0.15, 0.2) is 17.1 Å². The molecule has 6 nitrogen and oxygen atoms in total. The van der Waals surface area contributed by atoms with Crippen molar-refractivity contribution in [3.8, 4) is 5.75 Å². The molecule has 1 aliphatic rings. The number of phenolic OH excluding ortho intramolecular Hbond substituents is 1. The van der Waals surface area contributed by atoms with Crippen LogP contribution in [-0.4, -0.2) is 33.4 Å². The van der Waals surface area contributed by atoms with Gasteiger partial charge in [0.05, 0.1) is 22.8 Å². The number of aromatic hydroxyl groups is 1. The van der Waals surface area contributed by atoms with Crippen LogP contribution < -0.4 is 5.43 Å². The Balaban J connectivity index is 0.000000465. The molecule has 0 unspecified atom stereocenters. The normalized spacial score (nSPS) is 13.1. The zero-order valence-electron chi connectivity index (χ0n) is 14.7. The number of ketones is 1. The van der Waals surface area contributed by atoms with Crippen molar-refractivity contribution in [1.29, 1.82) is 0 Å². The quantitative estimate of drug-likeness (QED) is 0.575. The minimum absolute atomic E-state index is 0.0629. The van der Waals surface area contributed by atoms with Crippen LogP contribution in [0.5, 0.6) is 5.75 Å². The fourth-order valence-corrected chi connectivity index (χ4v) is 2.44. The summed E-state index contributed by atoms with van der Waals surface area (Å²) in [5, 5.41) is 10.1. The first kappa shape index (κ1) is 21.0. The van der Waals surface area contributed by atoms with E-state index in [1.165, 1.54) is 17.7 Å². The highest BCUT2D eigenvalue weighted by Crippen LogP contribution is 2.40. The van der Waals surface area contributed by atoms with Gasteiger partial charge in [0.15, 0.2) is 11.6 Å². The number of hydrogen-bond acceptors (Lipinski definition) is 5. The van der Waals surface area contributed by atoms with Crippen molar-refractivity contribution < 1.29 is 28.2 Å². The molecule has 1 N–H and O–H groups in total. The molecule has 0 aliphatic heterocycles. The summed E-state index contributed by atoms with van der Waals surface area (Å²) >= 11 is 2.96. The summed E-state index contributed by atoms with van der Waals surface area (Å²) in [6.45, 7) is 3.22. The Bertz CT molecular complexity index is 953. The molecule has 1 aromatic carbocycles. The van der Waals surface area contributed by atoms with E-state index < -0.39 is 28.8 Å². The summed E-state index contributed by atoms with van der Waals surface area (Å²) in [6, 6.07) is 0.640. The second-order valence-corrected chi connectivity index (χ2v) is 6.54. The number of esters is 1. The first-order valence-corrected chi connectivity index (χ1v) is 9.33. The molecule has 0 saturated heterocycles. The van der Waals surface area contributed by atoms with Gasteiger partial charge in [-0.2, -0.15) is 4.39 Å². The van der Waals surface area contributed by atoms with Crippen LogP contribution in [0.1, 0.15) is 43.1 Å². The lowest BCUT2D eigenvalue weighted by molar-refractivity contribution is -0.114. The lowest BCUT2D eigenvalue weighted by atomic mass is 10.1. The number of aromatic nitrogens is 1. The van der Waals surface area contributed by atoms with E-state index in [9.17, 15) is 28.3 Å². The molecule has 9 heteroatoms. The molecule has 2 aromatic rings. The number of fused-ring (bicyclic) bond motifs is 1. The van der Waals surface area contributed by atoms with Gasteiger partial charge in [0, 0.05) is 12.2 Å². The number of nitrogens with zero attached hydrogens (tertiary/aromatic N) is 1. The number of carbonyl (C=O) groups is 2. The topological polar surface area (TPSA) is 85.6 Å². The summed E-state index contributed by atoms with van der Waals surface area (Å²) in [5.41, 5.74) is -1.15. The predicted octanol–water partition coefficient (Wildman–Crippen LogP) is 3.47. The van der Waals surface area contributed by atoms with E-state index >= 15 is 0 Å². The van der Waals surface area contributed by atoms with Gasteiger partial charge in [0.1, 0.15) is 11.3 Å². The smallest absolute Gasteiger partial charge is 0.343 e. The third-order valence-electron chi connectivity index (χ3n) is 3.81. The maximum atomic E-state index is 13.6. The molecule has 1 fully saturated rings. The molecular formula is C18H18BrF2NO5. The van der Waals surface area contributed by atoms with E-state index in [0.717, 1.165) is 12.8 Å². The Morgan fingerprint density at radius 2 is 1.96 bits per heavy atom. The third kappa shape index (κ3) is 4.52. The van der Waals surface area contributed by atoms with Crippen LogP contribution in [0.25, 0.3) is 10.9 Å². The summed E-state index contributed by atoms with van der Waals surface area (Å²) in [5.74, 6) is -4.33. The highest BCUT2D eigenvalue weighted by molar-refractivity contribution is 9.09. The van der Waals surface area contributed by atoms with Gasteiger partial charge >= 0.3 is 5.97 Å². The van der Waals surface area contributed by atoms with Gasteiger partial charge in [-0.3, -0.25) is 9.59 Å². The minimum atomic E-state index is -1.41. The zero-order valence-corrected chi connectivity index (χ0v) is 16.3. The largest absolute Gasteiger partial charge is 0.503 e. The van der Waals surface area contributed by atoms with E-state index in [2.05, 4.69) is 15.9 Å². The fraction of sp³-hybridized carbons (Fsp3) is 0.389. The van der Waals surface area contributed by atoms with Crippen molar-refractivity contribution >= 4 is 38.6 Å². The number of benzene rings is 1. The minimum Gasteiger partial charge on any atom is -0.503 e. The number of ether oxygens (including phenoxy) is 1. The Hall–Kier alpha value is -2.29. The molecule has 0 atom stereocenters. The van der Waals surface area contributed by atoms with Gasteiger partial charge in [0.2, 0.25) is 11.2 Å². The number of hydrogen-bond donors (Lipinski definition) is 1. The van der Waals surface area contributed by atoms with Crippen LogP contribution in [0.2, 0.25) is 0 Å². The molecule has 3 rings (SSSR count). The van der Waals surface area contributed by atoms with Crippen LogP contribution >= 0.6 is 15.9 Å². The molecule has 1 saturated carbocycles. The van der Waals surface area contributed by atoms with Crippen molar-refractivity contribution in [1.82, 2.24) is 4.57 Å². The molecule has 1 aliphatic carbocycles. The molecule has 0 radical (unpaired) electrons. The van der Waals surface area contributed by atoms with Crippen molar-refractivity contribution in [3.05, 3.63) is 39.7 Å². The standard InChI is InChI=1S/C15H13F2NO4.C3H5BrO/c1-2-22-15(21)9-6-18(7-3-4-7)12-8(13(9)19)5-10(16)11(17)14(12)20;1-3(5)2-4/h5-7,20H,2-4H2,1H3;2H2,1H3. The van der Waals surface area contributed by atoms with E-state index in [1.54, 1.807) is 6.92 Å². The van der Waals surface area contributed by atoms with E-state index in [0.29, 0.717) is 11.4 Å². The lowest BCUT2D eigenvalue weighted by Gasteiger charge is -2.14. The number of alkyl halides is 1. The highest BCUT2D eigenvalue weighted by atomic mass is 79.9. The van der Waals surface area contributed by atoms with Crippen LogP contribution in [0.4, 0.5) is 8.78 Å². The van der Waals surface area contributed by atoms with Gasteiger partial charge in [0.25, 0.3) is 0 Å². The number of phenols is 1. The molecule has 0 spiro atoms. The van der Waals surface area contributed by atoms with Crippen LogP contribution in [0, 0.1) is 11.6 Å². The van der Waals surface area contributed by atoms with Gasteiger partial charge < -0.3 is 14.4 Å². The van der Waals surface area contributed by atoms with E-state index in [4.69, 9.17) is 4.74 Å². The van der Waals surface area contributed by atoms with Crippen LogP contribution in [0.3, 0.4) is 0 Å². The number of rotatable bonds is 4. The second kappa shape index (κ2) is 8.60. The molecular weight excluding hydrogens is 428 g/mol. The summed E-state index contributed by atoms with van der Waals surface area (Å²) in [7, 11) is 0. The van der Waals surface area contributed by atoms with E-state index in [-0.39, 0.29) is 34.9 Å². The first-order chi connectivity index (χ1) is 12.7. The molecule has 1 aromatic heterocycles. The molecule has 0 amide bonds. The average molecular weight is 446 g/mol. The van der Waals surface area contributed by atoms with Gasteiger partial charge in [-0.25, -0.2) is 9.18 Å². The number of halogens is 3. The number of pyridine rings is 1. The van der Waals surface area contributed by atoms with Crippen molar-refractivity contribution in [2.45, 2.75) is 32.7 Å². The SMILES string of the molecule is CC(=O)CBr.CCOC(=O)c1cn(C2CC2)c2c(O)c(F)c(F)cc2c1=O. The maximum absolute atomic E-state index is 13.6. The number of carbonyl (C=O) groups excluding carboxylic acids is 2. The molecule has 27 heavy (non-hydrogen) atoms. The lowest BCUT2D eigenvalue weighted by Crippen LogP contribution is -2.21. The van der Waals surface area contributed by atoms with Crippen molar-refractivity contribution in [2.24, 2.45) is 0 Å². The summed E-state index contributed by atoms with van der Waals surface area (Å²) in [4.78, 5) is 34.0. The highest BCUT2D eigenvalue weighted by Gasteiger charge is 2.30. The predicted molar refractivity (Wildman–Crippen MR) is 98.5 cm³/mol. The van der Waals surface area contributed by atoms with Crippen molar-refractivity contribution in [2.75, 3.05) is 11.9 Å². The summed E-state index contributed by atoms with van der Waals surface area (Å²) < 4.78 is 33.4. The van der Waals surface area contributed by atoms with E-state index in [1.807, 2.05) is 0 Å². The molecule has 1 heterocycles. The Labute approximate surface area is 161 Å². The zero-order chi connectivity index (χ0) is 20.3. The van der Waals surface area contributed by atoms with Gasteiger partial charge in [-0.15, -0.1) is 0 Å². The van der Waals surface area contributed by atoms with Crippen LogP contribution in [-0.2, 0) is 9.53 Å². The third-order valence-corrected chi connectivity index (χ3v) is 4.60. The Kier molecular flexibility index (Phi) is 6.69. The molecule has 0 bridgehead atoms. The van der Waals surface area contributed by atoms with Gasteiger partial charge in [-0.1, -0.05) is 15.9 Å². The first-order valence-electron chi connectivity index (χ1n) is 8.21. The summed E-state index contributed by atoms with van der Waals surface area (Å²) in [6.07, 6.45) is 2.77. The second-order valence-electron chi connectivity index (χ2n) is 5.98. The number of Topliss-reactive ketones (excluding diaryl/α,β-unsaturated/α-hetero) is 1. The average Bonchev–Trinajstić information content (AvgIpc) is 3.46. The van der Waals surface area contributed by atoms with Gasteiger partial charge in [-0.05, 0) is 32.8 Å². The van der Waals surface area contributed by atoms with Crippen molar-refractivity contribution in [3.63, 3.8) is 0 Å². The Morgan fingerprint density at radius 3 is 2.44 bits per heavy atom. The Morgan fingerprint density at radius 1 is 1.37 bits per heavy atom. The fourth-order valence-electron chi connectivity index (χ4n) is 2.44.